The van der Waals surface area contributed by atoms with Gasteiger partial charge in [0, 0.05) is 12.1 Å². The van der Waals surface area contributed by atoms with E-state index in [1.807, 2.05) is 31.2 Å². The van der Waals surface area contributed by atoms with Crippen molar-refractivity contribution in [2.75, 3.05) is 0 Å². The first-order chi connectivity index (χ1) is 8.65. The Bertz CT molecular complexity index is 549. The van der Waals surface area contributed by atoms with Crippen molar-refractivity contribution in [1.29, 1.82) is 0 Å². The van der Waals surface area contributed by atoms with Gasteiger partial charge in [0.1, 0.15) is 12.4 Å². The Hall–Kier alpha value is -2.36. The molecule has 4 heteroatoms. The summed E-state index contributed by atoms with van der Waals surface area (Å²) in [7, 11) is 0. The van der Waals surface area contributed by atoms with Crippen LogP contribution in [0.4, 0.5) is 5.69 Å². The van der Waals surface area contributed by atoms with Crippen LogP contribution < -0.4 is 4.74 Å². The van der Waals surface area contributed by atoms with Gasteiger partial charge in [0.05, 0.1) is 4.92 Å². The quantitative estimate of drug-likeness (QED) is 0.610. The first kappa shape index (κ1) is 12.1. The number of hydrogen-bond donors (Lipinski definition) is 0. The molecule has 0 saturated carbocycles. The summed E-state index contributed by atoms with van der Waals surface area (Å²) in [5.41, 5.74) is 2.13. The van der Waals surface area contributed by atoms with Crippen molar-refractivity contribution >= 4 is 5.69 Å². The largest absolute Gasteiger partial charge is 0.489 e. The molecule has 0 aliphatic heterocycles. The number of benzene rings is 2. The Morgan fingerprint density at radius 3 is 2.50 bits per heavy atom. The van der Waals surface area contributed by atoms with Gasteiger partial charge in [-0.25, -0.2) is 0 Å². The normalized spacial score (nSPS) is 10.1. The third-order valence-electron chi connectivity index (χ3n) is 2.54. The number of nitro groups is 1. The number of nitro benzene ring substituents is 1. The molecule has 0 aliphatic rings. The highest BCUT2D eigenvalue weighted by Gasteiger charge is 2.04. The predicted octanol–water partition coefficient (Wildman–Crippen LogP) is 3.48. The van der Waals surface area contributed by atoms with E-state index in [-0.39, 0.29) is 5.69 Å². The van der Waals surface area contributed by atoms with Gasteiger partial charge in [-0.2, -0.15) is 0 Å². The Morgan fingerprint density at radius 2 is 1.89 bits per heavy atom. The maximum atomic E-state index is 10.5. The van der Waals surface area contributed by atoms with Crippen molar-refractivity contribution < 1.29 is 9.66 Å². The molecule has 0 aliphatic carbocycles. The molecule has 0 aromatic heterocycles. The standard InChI is InChI=1S/C14H13NO3/c1-11-3-2-4-14(9-11)18-10-12-5-7-13(8-6-12)15(16)17/h2-9H,10H2,1H3. The van der Waals surface area contributed by atoms with Crippen LogP contribution in [0.25, 0.3) is 0 Å². The SMILES string of the molecule is Cc1cccc(OCc2ccc([N+](=O)[O-])cc2)c1. The smallest absolute Gasteiger partial charge is 0.269 e. The summed E-state index contributed by atoms with van der Waals surface area (Å²) in [5, 5.41) is 10.5. The molecule has 18 heavy (non-hydrogen) atoms. The van der Waals surface area contributed by atoms with Gasteiger partial charge < -0.3 is 4.74 Å². The molecule has 0 radical (unpaired) electrons. The predicted molar refractivity (Wildman–Crippen MR) is 68.6 cm³/mol. The second-order valence-corrected chi connectivity index (χ2v) is 4.03. The number of nitrogens with zero attached hydrogens (tertiary/aromatic N) is 1. The van der Waals surface area contributed by atoms with Gasteiger partial charge in [-0.05, 0) is 42.3 Å². The van der Waals surface area contributed by atoms with E-state index >= 15 is 0 Å². The van der Waals surface area contributed by atoms with E-state index in [4.69, 9.17) is 4.74 Å². The number of hydrogen-bond acceptors (Lipinski definition) is 3. The van der Waals surface area contributed by atoms with Crippen LogP contribution in [0.5, 0.6) is 5.75 Å². The summed E-state index contributed by atoms with van der Waals surface area (Å²) in [6.45, 7) is 2.40. The summed E-state index contributed by atoms with van der Waals surface area (Å²) in [5.74, 6) is 0.799. The molecule has 4 nitrogen and oxygen atoms in total. The highest BCUT2D eigenvalue weighted by Crippen LogP contribution is 2.16. The molecule has 0 heterocycles. The van der Waals surface area contributed by atoms with Crippen LogP contribution in [-0.4, -0.2) is 4.92 Å². The molecule has 0 bridgehead atoms. The van der Waals surface area contributed by atoms with Crippen LogP contribution >= 0.6 is 0 Å². The third kappa shape index (κ3) is 3.07. The first-order valence-electron chi connectivity index (χ1n) is 5.58. The number of aryl methyl sites for hydroxylation is 1. The molecule has 2 aromatic rings. The summed E-state index contributed by atoms with van der Waals surface area (Å²) in [6, 6.07) is 14.1. The van der Waals surface area contributed by atoms with Crippen molar-refractivity contribution in [2.45, 2.75) is 13.5 Å². The van der Waals surface area contributed by atoms with Gasteiger partial charge in [0.25, 0.3) is 5.69 Å². The van der Waals surface area contributed by atoms with Crippen molar-refractivity contribution in [3.05, 3.63) is 69.8 Å². The number of non-ortho nitro benzene ring substituents is 1. The Morgan fingerprint density at radius 1 is 1.17 bits per heavy atom. The topological polar surface area (TPSA) is 52.4 Å². The van der Waals surface area contributed by atoms with Gasteiger partial charge in [-0.3, -0.25) is 10.1 Å². The second kappa shape index (κ2) is 5.31. The molecule has 2 rings (SSSR count). The Labute approximate surface area is 105 Å². The molecule has 0 spiro atoms. The molecule has 0 atom stereocenters. The minimum atomic E-state index is -0.412. The highest BCUT2D eigenvalue weighted by molar-refractivity contribution is 5.33. The summed E-state index contributed by atoms with van der Waals surface area (Å²) < 4.78 is 5.60. The number of rotatable bonds is 4. The monoisotopic (exact) mass is 243 g/mol. The van der Waals surface area contributed by atoms with Gasteiger partial charge in [0.2, 0.25) is 0 Å². The van der Waals surface area contributed by atoms with Gasteiger partial charge in [0.15, 0.2) is 0 Å². The fourth-order valence-electron chi connectivity index (χ4n) is 1.59. The van der Waals surface area contributed by atoms with E-state index in [1.165, 1.54) is 12.1 Å². The lowest BCUT2D eigenvalue weighted by atomic mass is 10.2. The summed E-state index contributed by atoms with van der Waals surface area (Å²) in [6.07, 6.45) is 0. The number of ether oxygens (including phenoxy) is 1. The van der Waals surface area contributed by atoms with Crippen LogP contribution in [-0.2, 0) is 6.61 Å². The zero-order valence-corrected chi connectivity index (χ0v) is 10.00. The van der Waals surface area contributed by atoms with Crippen molar-refractivity contribution in [1.82, 2.24) is 0 Å². The zero-order valence-electron chi connectivity index (χ0n) is 10.00. The van der Waals surface area contributed by atoms with E-state index in [2.05, 4.69) is 0 Å². The molecular weight excluding hydrogens is 230 g/mol. The lowest BCUT2D eigenvalue weighted by molar-refractivity contribution is -0.384. The van der Waals surface area contributed by atoms with E-state index in [0.717, 1.165) is 16.9 Å². The van der Waals surface area contributed by atoms with Crippen LogP contribution in [0.3, 0.4) is 0 Å². The van der Waals surface area contributed by atoms with Crippen LogP contribution in [0.15, 0.2) is 48.5 Å². The lowest BCUT2D eigenvalue weighted by Crippen LogP contribution is -1.96. The fraction of sp³-hybridized carbons (Fsp3) is 0.143. The minimum absolute atomic E-state index is 0.0919. The van der Waals surface area contributed by atoms with Crippen LogP contribution in [0.2, 0.25) is 0 Å². The molecule has 0 amide bonds. The highest BCUT2D eigenvalue weighted by atomic mass is 16.6. The first-order valence-corrected chi connectivity index (χ1v) is 5.58. The Kier molecular flexibility index (Phi) is 3.57. The van der Waals surface area contributed by atoms with Crippen molar-refractivity contribution in [2.24, 2.45) is 0 Å². The molecule has 0 saturated heterocycles. The third-order valence-corrected chi connectivity index (χ3v) is 2.54. The van der Waals surface area contributed by atoms with E-state index in [1.54, 1.807) is 12.1 Å². The van der Waals surface area contributed by atoms with E-state index in [9.17, 15) is 10.1 Å². The summed E-state index contributed by atoms with van der Waals surface area (Å²) in [4.78, 5) is 10.1. The molecule has 0 unspecified atom stereocenters. The van der Waals surface area contributed by atoms with Gasteiger partial charge in [-0.1, -0.05) is 12.1 Å². The van der Waals surface area contributed by atoms with Gasteiger partial charge >= 0.3 is 0 Å². The molecule has 2 aromatic carbocycles. The van der Waals surface area contributed by atoms with Gasteiger partial charge in [-0.15, -0.1) is 0 Å². The average molecular weight is 243 g/mol. The van der Waals surface area contributed by atoms with Crippen LogP contribution in [0.1, 0.15) is 11.1 Å². The van der Waals surface area contributed by atoms with Crippen LogP contribution in [0, 0.1) is 17.0 Å². The average Bonchev–Trinajstić information content (AvgIpc) is 2.37. The maximum absolute atomic E-state index is 10.5. The maximum Gasteiger partial charge on any atom is 0.269 e. The van der Waals surface area contributed by atoms with Crippen molar-refractivity contribution in [3.63, 3.8) is 0 Å². The molecule has 0 fully saturated rings. The molecule has 0 N–H and O–H groups in total. The Balaban J connectivity index is 2.00. The minimum Gasteiger partial charge on any atom is -0.489 e. The molecular formula is C14H13NO3. The van der Waals surface area contributed by atoms with E-state index in [0.29, 0.717) is 6.61 Å². The summed E-state index contributed by atoms with van der Waals surface area (Å²) >= 11 is 0. The zero-order chi connectivity index (χ0) is 13.0. The van der Waals surface area contributed by atoms with Crippen molar-refractivity contribution in [3.8, 4) is 5.75 Å². The molecule has 92 valence electrons. The lowest BCUT2D eigenvalue weighted by Gasteiger charge is -2.06. The fourth-order valence-corrected chi connectivity index (χ4v) is 1.59. The second-order valence-electron chi connectivity index (χ2n) is 4.03. The van der Waals surface area contributed by atoms with E-state index < -0.39 is 4.92 Å².